The van der Waals surface area contributed by atoms with E-state index in [9.17, 15) is 4.79 Å². The van der Waals surface area contributed by atoms with Crippen LogP contribution in [0, 0.1) is 5.41 Å². The van der Waals surface area contributed by atoms with Crippen molar-refractivity contribution in [1.82, 2.24) is 14.8 Å². The molecular formula is C12H17N3O2S. The van der Waals surface area contributed by atoms with Crippen LogP contribution in [0.2, 0.25) is 0 Å². The van der Waals surface area contributed by atoms with Gasteiger partial charge < -0.3 is 9.67 Å². The molecule has 6 heteroatoms. The molecule has 0 unspecified atom stereocenters. The number of aromatic nitrogens is 3. The Morgan fingerprint density at radius 2 is 2.22 bits per heavy atom. The molecule has 0 radical (unpaired) electrons. The highest BCUT2D eigenvalue weighted by molar-refractivity contribution is 7.99. The fourth-order valence-corrected chi connectivity index (χ4v) is 2.74. The molecule has 0 atom stereocenters. The third-order valence-electron chi connectivity index (χ3n) is 3.66. The van der Waals surface area contributed by atoms with Crippen LogP contribution in [0.3, 0.4) is 0 Å². The SMILES string of the molecule is CC1(Cn2c(SCC(=O)O)nnc2C2CC2)CC1. The number of rotatable bonds is 6. The summed E-state index contributed by atoms with van der Waals surface area (Å²) in [6.07, 6.45) is 4.88. The molecule has 0 bridgehead atoms. The fourth-order valence-electron chi connectivity index (χ4n) is 2.08. The summed E-state index contributed by atoms with van der Waals surface area (Å²) in [6, 6.07) is 0. The zero-order valence-electron chi connectivity index (χ0n) is 10.4. The van der Waals surface area contributed by atoms with Crippen molar-refractivity contribution in [1.29, 1.82) is 0 Å². The van der Waals surface area contributed by atoms with Gasteiger partial charge in [0.15, 0.2) is 5.16 Å². The Balaban J connectivity index is 1.80. The molecule has 2 aliphatic carbocycles. The van der Waals surface area contributed by atoms with Crippen LogP contribution in [0.15, 0.2) is 5.16 Å². The highest BCUT2D eigenvalue weighted by Crippen LogP contribution is 2.48. The van der Waals surface area contributed by atoms with Crippen LogP contribution in [0.4, 0.5) is 0 Å². The van der Waals surface area contributed by atoms with Crippen molar-refractivity contribution in [3.05, 3.63) is 5.82 Å². The van der Waals surface area contributed by atoms with Crippen molar-refractivity contribution in [2.24, 2.45) is 5.41 Å². The van der Waals surface area contributed by atoms with E-state index in [4.69, 9.17) is 5.11 Å². The van der Waals surface area contributed by atoms with Crippen molar-refractivity contribution in [2.75, 3.05) is 5.75 Å². The first-order chi connectivity index (χ1) is 8.57. The molecule has 2 fully saturated rings. The fraction of sp³-hybridized carbons (Fsp3) is 0.750. The van der Waals surface area contributed by atoms with Crippen LogP contribution in [0.1, 0.15) is 44.3 Å². The van der Waals surface area contributed by atoms with Gasteiger partial charge >= 0.3 is 5.97 Å². The Labute approximate surface area is 110 Å². The molecule has 18 heavy (non-hydrogen) atoms. The molecule has 0 spiro atoms. The lowest BCUT2D eigenvalue weighted by atomic mass is 10.1. The van der Waals surface area contributed by atoms with Crippen molar-refractivity contribution in [2.45, 2.75) is 50.2 Å². The minimum absolute atomic E-state index is 0.0551. The maximum absolute atomic E-state index is 10.7. The quantitative estimate of drug-likeness (QED) is 0.800. The van der Waals surface area contributed by atoms with E-state index in [-0.39, 0.29) is 5.75 Å². The second-order valence-electron chi connectivity index (χ2n) is 5.69. The molecule has 0 amide bonds. The summed E-state index contributed by atoms with van der Waals surface area (Å²) in [5, 5.41) is 18.0. The Bertz CT molecular complexity index is 478. The third-order valence-corrected chi connectivity index (χ3v) is 4.61. The van der Waals surface area contributed by atoms with Gasteiger partial charge in [-0.2, -0.15) is 0 Å². The Morgan fingerprint density at radius 1 is 1.50 bits per heavy atom. The number of hydrogen-bond acceptors (Lipinski definition) is 4. The Morgan fingerprint density at radius 3 is 2.78 bits per heavy atom. The van der Waals surface area contributed by atoms with Gasteiger partial charge in [0.1, 0.15) is 5.82 Å². The minimum Gasteiger partial charge on any atom is -0.481 e. The lowest BCUT2D eigenvalue weighted by Crippen LogP contribution is -2.12. The van der Waals surface area contributed by atoms with Crippen molar-refractivity contribution >= 4 is 17.7 Å². The van der Waals surface area contributed by atoms with Crippen LogP contribution < -0.4 is 0 Å². The normalized spacial score (nSPS) is 20.9. The molecule has 2 saturated carbocycles. The average molecular weight is 267 g/mol. The molecule has 5 nitrogen and oxygen atoms in total. The number of carbonyl (C=O) groups is 1. The van der Waals surface area contributed by atoms with E-state index in [0.29, 0.717) is 11.3 Å². The van der Waals surface area contributed by atoms with Gasteiger partial charge in [-0.15, -0.1) is 10.2 Å². The highest BCUT2D eigenvalue weighted by atomic mass is 32.2. The molecule has 98 valence electrons. The third kappa shape index (κ3) is 2.53. The topological polar surface area (TPSA) is 68.0 Å². The highest BCUT2D eigenvalue weighted by Gasteiger charge is 2.40. The maximum atomic E-state index is 10.7. The lowest BCUT2D eigenvalue weighted by Gasteiger charge is -2.13. The molecular weight excluding hydrogens is 250 g/mol. The molecule has 1 aromatic rings. The second-order valence-corrected chi connectivity index (χ2v) is 6.64. The average Bonchev–Trinajstić information content (AvgIpc) is 3.21. The van der Waals surface area contributed by atoms with Crippen molar-refractivity contribution < 1.29 is 9.90 Å². The number of nitrogens with zero attached hydrogens (tertiary/aromatic N) is 3. The zero-order valence-corrected chi connectivity index (χ0v) is 11.2. The van der Waals surface area contributed by atoms with Crippen LogP contribution in [0.5, 0.6) is 0 Å². The van der Waals surface area contributed by atoms with Gasteiger partial charge in [0.25, 0.3) is 0 Å². The second kappa shape index (κ2) is 4.26. The van der Waals surface area contributed by atoms with Crippen LogP contribution in [-0.4, -0.2) is 31.6 Å². The van der Waals surface area contributed by atoms with E-state index in [1.165, 1.54) is 37.4 Å². The predicted molar refractivity (Wildman–Crippen MR) is 67.7 cm³/mol. The van der Waals surface area contributed by atoms with E-state index in [2.05, 4.69) is 21.7 Å². The number of carboxylic acids is 1. The van der Waals surface area contributed by atoms with Crippen LogP contribution >= 0.6 is 11.8 Å². The molecule has 1 aromatic heterocycles. The van der Waals surface area contributed by atoms with Gasteiger partial charge in [-0.25, -0.2) is 0 Å². The first-order valence-electron chi connectivity index (χ1n) is 6.35. The largest absolute Gasteiger partial charge is 0.481 e. The van der Waals surface area contributed by atoms with Gasteiger partial charge in [-0.3, -0.25) is 4.79 Å². The Kier molecular flexibility index (Phi) is 2.84. The predicted octanol–water partition coefficient (Wildman–Crippen LogP) is 2.13. The molecule has 0 aromatic carbocycles. The summed E-state index contributed by atoms with van der Waals surface area (Å²) < 4.78 is 2.16. The summed E-state index contributed by atoms with van der Waals surface area (Å²) in [5.74, 6) is 0.870. The van der Waals surface area contributed by atoms with Gasteiger partial charge in [0.2, 0.25) is 0 Å². The van der Waals surface area contributed by atoms with Gasteiger partial charge in [0.05, 0.1) is 5.75 Å². The lowest BCUT2D eigenvalue weighted by molar-refractivity contribution is -0.133. The molecule has 0 aliphatic heterocycles. The number of thioether (sulfide) groups is 1. The van der Waals surface area contributed by atoms with E-state index in [0.717, 1.165) is 17.5 Å². The van der Waals surface area contributed by atoms with E-state index >= 15 is 0 Å². The van der Waals surface area contributed by atoms with Crippen molar-refractivity contribution in [3.63, 3.8) is 0 Å². The monoisotopic (exact) mass is 267 g/mol. The molecule has 1 N–H and O–H groups in total. The summed E-state index contributed by atoms with van der Waals surface area (Å²) in [5.41, 5.74) is 0.380. The van der Waals surface area contributed by atoms with Crippen molar-refractivity contribution in [3.8, 4) is 0 Å². The number of carboxylic acid groups (broad SMARTS) is 1. The Hall–Kier alpha value is -1.04. The smallest absolute Gasteiger partial charge is 0.313 e. The van der Waals surface area contributed by atoms with E-state index in [1.807, 2.05) is 0 Å². The summed E-state index contributed by atoms with van der Waals surface area (Å²) in [7, 11) is 0. The molecule has 3 rings (SSSR count). The van der Waals surface area contributed by atoms with Gasteiger partial charge in [-0.1, -0.05) is 18.7 Å². The molecule has 0 saturated heterocycles. The van der Waals surface area contributed by atoms with E-state index < -0.39 is 5.97 Å². The first-order valence-corrected chi connectivity index (χ1v) is 7.34. The standard InChI is InChI=1S/C12H17N3O2S/c1-12(4-5-12)7-15-10(8-2-3-8)13-14-11(15)18-6-9(16)17/h8H,2-7H2,1H3,(H,16,17). The summed E-state index contributed by atoms with van der Waals surface area (Å²) >= 11 is 1.28. The summed E-state index contributed by atoms with van der Waals surface area (Å²) in [4.78, 5) is 10.7. The zero-order chi connectivity index (χ0) is 12.8. The molecule has 2 aliphatic rings. The summed E-state index contributed by atoms with van der Waals surface area (Å²) in [6.45, 7) is 3.21. The van der Waals surface area contributed by atoms with Crippen LogP contribution in [-0.2, 0) is 11.3 Å². The molecule has 1 heterocycles. The van der Waals surface area contributed by atoms with Crippen LogP contribution in [0.25, 0.3) is 0 Å². The first kappa shape index (κ1) is 12.0. The van der Waals surface area contributed by atoms with E-state index in [1.54, 1.807) is 0 Å². The minimum atomic E-state index is -0.805. The number of hydrogen-bond donors (Lipinski definition) is 1. The maximum Gasteiger partial charge on any atom is 0.313 e. The number of aliphatic carboxylic acids is 1. The van der Waals surface area contributed by atoms with Gasteiger partial charge in [-0.05, 0) is 31.1 Å². The van der Waals surface area contributed by atoms with Gasteiger partial charge in [0, 0.05) is 12.5 Å².